The van der Waals surface area contributed by atoms with Crippen LogP contribution in [0.3, 0.4) is 0 Å². The SMILES string of the molecule is N#Cc1ccc(C(=O)NCCc2cccnc2)cc1. The summed E-state index contributed by atoms with van der Waals surface area (Å²) < 4.78 is 0. The molecule has 1 aromatic heterocycles. The molecule has 4 nitrogen and oxygen atoms in total. The summed E-state index contributed by atoms with van der Waals surface area (Å²) >= 11 is 0. The smallest absolute Gasteiger partial charge is 0.251 e. The van der Waals surface area contributed by atoms with Gasteiger partial charge in [-0.3, -0.25) is 9.78 Å². The molecule has 0 aliphatic carbocycles. The number of carbonyl (C=O) groups excluding carboxylic acids is 1. The molecule has 0 unspecified atom stereocenters. The summed E-state index contributed by atoms with van der Waals surface area (Å²) in [5.74, 6) is -0.131. The lowest BCUT2D eigenvalue weighted by Crippen LogP contribution is -2.25. The van der Waals surface area contributed by atoms with Crippen LogP contribution in [0.15, 0.2) is 48.8 Å². The van der Waals surface area contributed by atoms with E-state index in [1.807, 2.05) is 18.2 Å². The van der Waals surface area contributed by atoms with Crippen LogP contribution in [0.25, 0.3) is 0 Å². The lowest BCUT2D eigenvalue weighted by molar-refractivity contribution is 0.0954. The number of aromatic nitrogens is 1. The molecular formula is C15H13N3O. The highest BCUT2D eigenvalue weighted by molar-refractivity contribution is 5.94. The molecule has 0 aliphatic rings. The van der Waals surface area contributed by atoms with Gasteiger partial charge in [0, 0.05) is 24.5 Å². The molecule has 19 heavy (non-hydrogen) atoms. The van der Waals surface area contributed by atoms with Crippen molar-refractivity contribution in [1.82, 2.24) is 10.3 Å². The molecule has 4 heteroatoms. The van der Waals surface area contributed by atoms with E-state index >= 15 is 0 Å². The van der Waals surface area contributed by atoms with Crippen molar-refractivity contribution in [1.29, 1.82) is 5.26 Å². The van der Waals surface area contributed by atoms with Crippen molar-refractivity contribution in [3.05, 3.63) is 65.5 Å². The number of nitrogens with one attached hydrogen (secondary N) is 1. The Morgan fingerprint density at radius 2 is 2.05 bits per heavy atom. The second kappa shape index (κ2) is 6.31. The largest absolute Gasteiger partial charge is 0.352 e. The summed E-state index contributed by atoms with van der Waals surface area (Å²) in [5, 5.41) is 11.5. The van der Waals surface area contributed by atoms with Crippen LogP contribution in [0, 0.1) is 11.3 Å². The van der Waals surface area contributed by atoms with Crippen LogP contribution in [0.2, 0.25) is 0 Å². The average Bonchev–Trinajstić information content (AvgIpc) is 2.48. The summed E-state index contributed by atoms with van der Waals surface area (Å²) in [6.07, 6.45) is 4.25. The third-order valence-corrected chi connectivity index (χ3v) is 2.70. The quantitative estimate of drug-likeness (QED) is 0.902. The molecule has 0 spiro atoms. The Morgan fingerprint density at radius 1 is 1.26 bits per heavy atom. The number of rotatable bonds is 4. The molecule has 0 fully saturated rings. The molecule has 1 heterocycles. The predicted molar refractivity (Wildman–Crippen MR) is 71.4 cm³/mol. The summed E-state index contributed by atoms with van der Waals surface area (Å²) in [6.45, 7) is 0.560. The Kier molecular flexibility index (Phi) is 4.25. The Balaban J connectivity index is 1.86. The highest BCUT2D eigenvalue weighted by Crippen LogP contribution is 2.03. The molecule has 0 aliphatic heterocycles. The fraction of sp³-hybridized carbons (Fsp3) is 0.133. The topological polar surface area (TPSA) is 65.8 Å². The van der Waals surface area contributed by atoms with E-state index in [1.54, 1.807) is 36.7 Å². The van der Waals surface area contributed by atoms with Gasteiger partial charge >= 0.3 is 0 Å². The van der Waals surface area contributed by atoms with Crippen molar-refractivity contribution >= 4 is 5.91 Å². The van der Waals surface area contributed by atoms with Crippen LogP contribution in [-0.2, 0) is 6.42 Å². The molecule has 0 atom stereocenters. The molecule has 1 amide bonds. The Hall–Kier alpha value is -2.67. The molecule has 1 aromatic carbocycles. The Bertz CT molecular complexity index is 585. The van der Waals surface area contributed by atoms with Gasteiger partial charge in [0.1, 0.15) is 0 Å². The number of hydrogen-bond donors (Lipinski definition) is 1. The minimum absolute atomic E-state index is 0.131. The van der Waals surface area contributed by atoms with Crippen molar-refractivity contribution < 1.29 is 4.79 Å². The average molecular weight is 251 g/mol. The summed E-state index contributed by atoms with van der Waals surface area (Å²) in [6, 6.07) is 12.4. The molecule has 0 saturated heterocycles. The molecule has 0 bridgehead atoms. The predicted octanol–water partition coefficient (Wildman–Crippen LogP) is 1.93. The van der Waals surface area contributed by atoms with Crippen molar-refractivity contribution in [3.63, 3.8) is 0 Å². The van der Waals surface area contributed by atoms with E-state index in [0.29, 0.717) is 17.7 Å². The first-order valence-electron chi connectivity index (χ1n) is 5.97. The van der Waals surface area contributed by atoms with E-state index in [4.69, 9.17) is 5.26 Å². The van der Waals surface area contributed by atoms with E-state index in [2.05, 4.69) is 10.3 Å². The molecular weight excluding hydrogens is 238 g/mol. The summed E-state index contributed by atoms with van der Waals surface area (Å²) in [7, 11) is 0. The van der Waals surface area contributed by atoms with Crippen LogP contribution >= 0.6 is 0 Å². The number of pyridine rings is 1. The number of amides is 1. The lowest BCUT2D eigenvalue weighted by Gasteiger charge is -2.05. The zero-order valence-corrected chi connectivity index (χ0v) is 10.3. The minimum atomic E-state index is -0.131. The van der Waals surface area contributed by atoms with Gasteiger partial charge < -0.3 is 5.32 Å². The van der Waals surface area contributed by atoms with E-state index in [9.17, 15) is 4.79 Å². The number of carbonyl (C=O) groups is 1. The first-order chi connectivity index (χ1) is 9.29. The highest BCUT2D eigenvalue weighted by Gasteiger charge is 2.04. The first-order valence-corrected chi connectivity index (χ1v) is 5.97. The van der Waals surface area contributed by atoms with Gasteiger partial charge in [-0.05, 0) is 42.3 Å². The molecule has 1 N–H and O–H groups in total. The van der Waals surface area contributed by atoms with Gasteiger partial charge in [0.25, 0.3) is 5.91 Å². The number of hydrogen-bond acceptors (Lipinski definition) is 3. The van der Waals surface area contributed by atoms with E-state index in [0.717, 1.165) is 12.0 Å². The fourth-order valence-electron chi connectivity index (χ4n) is 1.66. The fourth-order valence-corrected chi connectivity index (χ4v) is 1.66. The maximum atomic E-state index is 11.8. The summed E-state index contributed by atoms with van der Waals surface area (Å²) in [4.78, 5) is 15.8. The van der Waals surface area contributed by atoms with Gasteiger partial charge in [0.2, 0.25) is 0 Å². The second-order valence-corrected chi connectivity index (χ2v) is 4.06. The normalized spacial score (nSPS) is 9.63. The maximum Gasteiger partial charge on any atom is 0.251 e. The van der Waals surface area contributed by atoms with Crippen LogP contribution in [0.5, 0.6) is 0 Å². The van der Waals surface area contributed by atoms with Crippen LogP contribution in [0.1, 0.15) is 21.5 Å². The van der Waals surface area contributed by atoms with Crippen LogP contribution in [0.4, 0.5) is 0 Å². The van der Waals surface area contributed by atoms with E-state index in [-0.39, 0.29) is 5.91 Å². The minimum Gasteiger partial charge on any atom is -0.352 e. The van der Waals surface area contributed by atoms with Crippen LogP contribution < -0.4 is 5.32 Å². The zero-order chi connectivity index (χ0) is 13.5. The van der Waals surface area contributed by atoms with Gasteiger partial charge in [-0.25, -0.2) is 0 Å². The molecule has 2 rings (SSSR count). The first kappa shape index (κ1) is 12.8. The monoisotopic (exact) mass is 251 g/mol. The van der Waals surface area contributed by atoms with Crippen LogP contribution in [-0.4, -0.2) is 17.4 Å². The zero-order valence-electron chi connectivity index (χ0n) is 10.3. The maximum absolute atomic E-state index is 11.8. The van der Waals surface area contributed by atoms with Gasteiger partial charge in [0.15, 0.2) is 0 Å². The Morgan fingerprint density at radius 3 is 2.68 bits per heavy atom. The van der Waals surface area contributed by atoms with Crippen molar-refractivity contribution in [2.75, 3.05) is 6.54 Å². The molecule has 0 radical (unpaired) electrons. The van der Waals surface area contributed by atoms with Crippen molar-refractivity contribution in [3.8, 4) is 6.07 Å². The van der Waals surface area contributed by atoms with Gasteiger partial charge in [-0.1, -0.05) is 6.07 Å². The van der Waals surface area contributed by atoms with E-state index in [1.165, 1.54) is 0 Å². The Labute approximate surface area is 111 Å². The summed E-state index contributed by atoms with van der Waals surface area (Å²) in [5.41, 5.74) is 2.19. The van der Waals surface area contributed by atoms with Crippen molar-refractivity contribution in [2.24, 2.45) is 0 Å². The number of benzene rings is 1. The molecule has 2 aromatic rings. The van der Waals surface area contributed by atoms with E-state index < -0.39 is 0 Å². The highest BCUT2D eigenvalue weighted by atomic mass is 16.1. The molecule has 94 valence electrons. The standard InChI is InChI=1S/C15H13N3O/c16-10-12-3-5-14(6-4-12)15(19)18-9-7-13-2-1-8-17-11-13/h1-6,8,11H,7,9H2,(H,18,19). The van der Waals surface area contributed by atoms with Gasteiger partial charge in [-0.15, -0.1) is 0 Å². The second-order valence-electron chi connectivity index (χ2n) is 4.06. The molecule has 0 saturated carbocycles. The third kappa shape index (κ3) is 3.65. The third-order valence-electron chi connectivity index (χ3n) is 2.70. The number of nitrogens with zero attached hydrogens (tertiary/aromatic N) is 2. The lowest BCUT2D eigenvalue weighted by atomic mass is 10.1. The van der Waals surface area contributed by atoms with Gasteiger partial charge in [0.05, 0.1) is 11.6 Å². The number of nitriles is 1. The van der Waals surface area contributed by atoms with Gasteiger partial charge in [-0.2, -0.15) is 5.26 Å². The van der Waals surface area contributed by atoms with Crippen molar-refractivity contribution in [2.45, 2.75) is 6.42 Å².